The Morgan fingerprint density at radius 3 is 2.48 bits per heavy atom. The van der Waals surface area contributed by atoms with Crippen molar-refractivity contribution in [2.75, 3.05) is 36.5 Å². The van der Waals surface area contributed by atoms with Crippen molar-refractivity contribution >= 4 is 17.3 Å². The van der Waals surface area contributed by atoms with E-state index in [2.05, 4.69) is 10.2 Å². The van der Waals surface area contributed by atoms with Gasteiger partial charge < -0.3 is 20.7 Å². The Kier molecular flexibility index (Phi) is 4.90. The maximum atomic E-state index is 12.4. The predicted octanol–water partition coefficient (Wildman–Crippen LogP) is 2.23. The number of anilines is 2. The minimum Gasteiger partial charge on any atom is -0.378 e. The van der Waals surface area contributed by atoms with Gasteiger partial charge in [0.25, 0.3) is 5.91 Å². The summed E-state index contributed by atoms with van der Waals surface area (Å²) in [6.45, 7) is 3.66. The Morgan fingerprint density at radius 1 is 1.09 bits per heavy atom. The molecule has 1 aliphatic heterocycles. The summed E-state index contributed by atoms with van der Waals surface area (Å²) >= 11 is 0. The van der Waals surface area contributed by atoms with Crippen LogP contribution in [0.3, 0.4) is 0 Å². The molecule has 5 heteroatoms. The first-order valence-electron chi connectivity index (χ1n) is 7.80. The number of nitrogens with one attached hydrogen (secondary N) is 1. The van der Waals surface area contributed by atoms with Crippen molar-refractivity contribution in [3.05, 3.63) is 59.7 Å². The van der Waals surface area contributed by atoms with Gasteiger partial charge >= 0.3 is 0 Å². The zero-order chi connectivity index (χ0) is 16.1. The number of ether oxygens (including phenoxy) is 1. The highest BCUT2D eigenvalue weighted by Crippen LogP contribution is 2.20. The highest BCUT2D eigenvalue weighted by molar-refractivity contribution is 6.05. The van der Waals surface area contributed by atoms with Gasteiger partial charge in [0.1, 0.15) is 0 Å². The van der Waals surface area contributed by atoms with Crippen LogP contribution in [0.25, 0.3) is 0 Å². The first kappa shape index (κ1) is 15.5. The van der Waals surface area contributed by atoms with Crippen LogP contribution in [0.1, 0.15) is 15.9 Å². The van der Waals surface area contributed by atoms with Gasteiger partial charge in [-0.2, -0.15) is 0 Å². The molecule has 1 aliphatic rings. The second kappa shape index (κ2) is 7.26. The summed E-state index contributed by atoms with van der Waals surface area (Å²) in [5, 5.41) is 2.93. The van der Waals surface area contributed by atoms with E-state index >= 15 is 0 Å². The van der Waals surface area contributed by atoms with Crippen LogP contribution in [0.2, 0.25) is 0 Å². The molecule has 5 nitrogen and oxygen atoms in total. The summed E-state index contributed by atoms with van der Waals surface area (Å²) in [7, 11) is 0. The lowest BCUT2D eigenvalue weighted by molar-refractivity contribution is 0.102. The van der Waals surface area contributed by atoms with Crippen LogP contribution >= 0.6 is 0 Å². The molecule has 1 amide bonds. The molecule has 2 aromatic rings. The van der Waals surface area contributed by atoms with Crippen LogP contribution < -0.4 is 16.0 Å². The fourth-order valence-electron chi connectivity index (χ4n) is 2.70. The van der Waals surface area contributed by atoms with Gasteiger partial charge in [0.05, 0.1) is 13.2 Å². The predicted molar refractivity (Wildman–Crippen MR) is 91.8 cm³/mol. The molecular formula is C18H21N3O2. The monoisotopic (exact) mass is 311 g/mol. The summed E-state index contributed by atoms with van der Waals surface area (Å²) in [4.78, 5) is 14.7. The molecule has 0 atom stereocenters. The smallest absolute Gasteiger partial charge is 0.255 e. The third-order valence-corrected chi connectivity index (χ3v) is 3.98. The molecule has 1 heterocycles. The van der Waals surface area contributed by atoms with Crippen LogP contribution in [0.4, 0.5) is 11.4 Å². The van der Waals surface area contributed by atoms with Gasteiger partial charge in [0, 0.05) is 36.6 Å². The van der Waals surface area contributed by atoms with E-state index in [0.29, 0.717) is 12.1 Å². The quantitative estimate of drug-likeness (QED) is 0.908. The molecule has 0 aliphatic carbocycles. The molecule has 0 bridgehead atoms. The van der Waals surface area contributed by atoms with Crippen molar-refractivity contribution in [2.45, 2.75) is 6.54 Å². The molecule has 120 valence electrons. The molecule has 3 rings (SSSR count). The SMILES string of the molecule is NCc1ccccc1C(=O)Nc1ccc(N2CCOCC2)cc1. The average Bonchev–Trinajstić information content (AvgIpc) is 2.63. The lowest BCUT2D eigenvalue weighted by Crippen LogP contribution is -2.36. The lowest BCUT2D eigenvalue weighted by Gasteiger charge is -2.28. The Hall–Kier alpha value is -2.37. The van der Waals surface area contributed by atoms with Crippen LogP contribution in [0.5, 0.6) is 0 Å². The van der Waals surface area contributed by atoms with E-state index < -0.39 is 0 Å². The Bertz CT molecular complexity index is 664. The highest BCUT2D eigenvalue weighted by Gasteiger charge is 2.12. The largest absolute Gasteiger partial charge is 0.378 e. The van der Waals surface area contributed by atoms with E-state index in [0.717, 1.165) is 43.2 Å². The Morgan fingerprint density at radius 2 is 1.78 bits per heavy atom. The van der Waals surface area contributed by atoms with Crippen molar-refractivity contribution < 1.29 is 9.53 Å². The van der Waals surface area contributed by atoms with Crippen LogP contribution in [-0.4, -0.2) is 32.2 Å². The molecule has 1 fully saturated rings. The van der Waals surface area contributed by atoms with E-state index in [1.165, 1.54) is 0 Å². The first-order valence-corrected chi connectivity index (χ1v) is 7.80. The number of rotatable bonds is 4. The van der Waals surface area contributed by atoms with Crippen LogP contribution in [-0.2, 0) is 11.3 Å². The van der Waals surface area contributed by atoms with Gasteiger partial charge in [-0.1, -0.05) is 18.2 Å². The maximum absolute atomic E-state index is 12.4. The van der Waals surface area contributed by atoms with Gasteiger partial charge in [0.2, 0.25) is 0 Å². The summed E-state index contributed by atoms with van der Waals surface area (Å²) in [5.41, 5.74) is 9.07. The Labute approximate surface area is 136 Å². The number of carbonyl (C=O) groups excluding carboxylic acids is 1. The second-order valence-corrected chi connectivity index (χ2v) is 5.46. The summed E-state index contributed by atoms with van der Waals surface area (Å²) in [6, 6.07) is 15.3. The molecule has 1 saturated heterocycles. The summed E-state index contributed by atoms with van der Waals surface area (Å²) in [5.74, 6) is -0.134. The third kappa shape index (κ3) is 3.70. The molecule has 0 radical (unpaired) electrons. The molecule has 2 aromatic carbocycles. The normalized spacial score (nSPS) is 14.6. The second-order valence-electron chi connectivity index (χ2n) is 5.46. The molecule has 0 aromatic heterocycles. The van der Waals surface area contributed by atoms with E-state index in [1.807, 2.05) is 42.5 Å². The average molecular weight is 311 g/mol. The van der Waals surface area contributed by atoms with Crippen molar-refractivity contribution in [2.24, 2.45) is 5.73 Å². The number of hydrogen-bond donors (Lipinski definition) is 2. The minimum absolute atomic E-state index is 0.134. The highest BCUT2D eigenvalue weighted by atomic mass is 16.5. The number of hydrogen-bond acceptors (Lipinski definition) is 4. The van der Waals surface area contributed by atoms with Crippen molar-refractivity contribution in [1.29, 1.82) is 0 Å². The first-order chi connectivity index (χ1) is 11.3. The molecule has 3 N–H and O–H groups in total. The zero-order valence-corrected chi connectivity index (χ0v) is 13.0. The molecule has 0 unspecified atom stereocenters. The standard InChI is InChI=1S/C18H21N3O2/c19-13-14-3-1-2-4-17(14)18(22)20-15-5-7-16(8-6-15)21-9-11-23-12-10-21/h1-8H,9-13,19H2,(H,20,22). The van der Waals surface area contributed by atoms with Gasteiger partial charge in [-0.05, 0) is 35.9 Å². The number of benzene rings is 2. The van der Waals surface area contributed by atoms with Gasteiger partial charge in [-0.25, -0.2) is 0 Å². The van der Waals surface area contributed by atoms with Gasteiger partial charge in [-0.3, -0.25) is 4.79 Å². The number of carbonyl (C=O) groups is 1. The number of nitrogens with zero attached hydrogens (tertiary/aromatic N) is 1. The van der Waals surface area contributed by atoms with Crippen molar-refractivity contribution in [1.82, 2.24) is 0 Å². The topological polar surface area (TPSA) is 67.6 Å². The lowest BCUT2D eigenvalue weighted by atomic mass is 10.1. The molecule has 23 heavy (non-hydrogen) atoms. The maximum Gasteiger partial charge on any atom is 0.255 e. The number of morpholine rings is 1. The van der Waals surface area contributed by atoms with E-state index in [4.69, 9.17) is 10.5 Å². The van der Waals surface area contributed by atoms with Crippen LogP contribution in [0.15, 0.2) is 48.5 Å². The molecular weight excluding hydrogens is 290 g/mol. The summed E-state index contributed by atoms with van der Waals surface area (Å²) < 4.78 is 5.36. The van der Waals surface area contributed by atoms with E-state index in [-0.39, 0.29) is 5.91 Å². The third-order valence-electron chi connectivity index (χ3n) is 3.98. The minimum atomic E-state index is -0.134. The summed E-state index contributed by atoms with van der Waals surface area (Å²) in [6.07, 6.45) is 0. The zero-order valence-electron chi connectivity index (χ0n) is 13.0. The number of amides is 1. The van der Waals surface area contributed by atoms with Gasteiger partial charge in [-0.15, -0.1) is 0 Å². The van der Waals surface area contributed by atoms with E-state index in [1.54, 1.807) is 6.07 Å². The van der Waals surface area contributed by atoms with Crippen molar-refractivity contribution in [3.8, 4) is 0 Å². The number of nitrogens with two attached hydrogens (primary N) is 1. The fraction of sp³-hybridized carbons (Fsp3) is 0.278. The Balaban J connectivity index is 1.69. The molecule has 0 spiro atoms. The fourth-order valence-corrected chi connectivity index (χ4v) is 2.70. The van der Waals surface area contributed by atoms with Crippen LogP contribution in [0, 0.1) is 0 Å². The molecule has 0 saturated carbocycles. The van der Waals surface area contributed by atoms with Gasteiger partial charge in [0.15, 0.2) is 0 Å². The van der Waals surface area contributed by atoms with Crippen molar-refractivity contribution in [3.63, 3.8) is 0 Å². The van der Waals surface area contributed by atoms with E-state index in [9.17, 15) is 4.79 Å².